The highest BCUT2D eigenvalue weighted by atomic mass is 32.1. The minimum absolute atomic E-state index is 0.0174. The van der Waals surface area contributed by atoms with Gasteiger partial charge in [0.15, 0.2) is 0 Å². The van der Waals surface area contributed by atoms with E-state index in [4.69, 9.17) is 0 Å². The van der Waals surface area contributed by atoms with Crippen LogP contribution in [0.5, 0.6) is 0 Å². The Hall–Kier alpha value is -0.220. The Morgan fingerprint density at radius 1 is 1.58 bits per heavy atom. The second kappa shape index (κ2) is 4.14. The molecule has 12 heavy (non-hydrogen) atoms. The summed E-state index contributed by atoms with van der Waals surface area (Å²) in [6.07, 6.45) is 1.90. The Kier molecular flexibility index (Phi) is 3.40. The molecule has 0 bridgehead atoms. The Labute approximate surface area is 78.9 Å². The van der Waals surface area contributed by atoms with E-state index in [0.717, 1.165) is 19.4 Å². The van der Waals surface area contributed by atoms with Crippen molar-refractivity contribution in [3.8, 4) is 0 Å². The highest BCUT2D eigenvalue weighted by molar-refractivity contribution is 7.80. The molecule has 0 aromatic heterocycles. The van der Waals surface area contributed by atoms with Crippen LogP contribution in [0.25, 0.3) is 0 Å². The van der Waals surface area contributed by atoms with E-state index >= 15 is 0 Å². The van der Waals surface area contributed by atoms with Crippen LogP contribution < -0.4 is 5.32 Å². The number of hydrogen-bond acceptors (Lipinski definition) is 3. The number of amides is 1. The van der Waals surface area contributed by atoms with Crippen molar-refractivity contribution in [1.29, 1.82) is 0 Å². The second-order valence-electron chi connectivity index (χ2n) is 3.42. The van der Waals surface area contributed by atoms with Crippen LogP contribution in [0.4, 0.5) is 0 Å². The summed E-state index contributed by atoms with van der Waals surface area (Å²) >= 11 is 4.37. The predicted molar refractivity (Wildman–Crippen MR) is 52.5 cm³/mol. The number of thiol groups is 1. The molecule has 0 spiro atoms. The fourth-order valence-electron chi connectivity index (χ4n) is 1.40. The third-order valence-electron chi connectivity index (χ3n) is 2.11. The summed E-state index contributed by atoms with van der Waals surface area (Å²) in [5.74, 6) is 0.161. The van der Waals surface area contributed by atoms with Crippen molar-refractivity contribution < 1.29 is 4.79 Å². The second-order valence-corrected chi connectivity index (χ2v) is 4.15. The lowest BCUT2D eigenvalue weighted by molar-refractivity contribution is -0.131. The van der Waals surface area contributed by atoms with E-state index in [2.05, 4.69) is 17.9 Å². The first-order valence-electron chi connectivity index (χ1n) is 4.24. The van der Waals surface area contributed by atoms with E-state index in [1.807, 2.05) is 0 Å². The SMILES string of the molecule is CN(C)C(=O)[C@@H]1C[C@H](S)CCN1. The third-order valence-corrected chi connectivity index (χ3v) is 2.58. The first-order valence-corrected chi connectivity index (χ1v) is 4.75. The van der Waals surface area contributed by atoms with Crippen LogP contribution >= 0.6 is 12.6 Å². The topological polar surface area (TPSA) is 32.3 Å². The average Bonchev–Trinajstić information content (AvgIpc) is 2.03. The monoisotopic (exact) mass is 188 g/mol. The number of nitrogens with zero attached hydrogens (tertiary/aromatic N) is 1. The Balaban J connectivity index is 2.46. The highest BCUT2D eigenvalue weighted by Gasteiger charge is 2.25. The molecule has 1 rings (SSSR count). The van der Waals surface area contributed by atoms with Gasteiger partial charge in [0.1, 0.15) is 0 Å². The lowest BCUT2D eigenvalue weighted by Crippen LogP contribution is -2.48. The van der Waals surface area contributed by atoms with Crippen LogP contribution in [0.2, 0.25) is 0 Å². The molecule has 1 saturated heterocycles. The molecule has 0 unspecified atom stereocenters. The van der Waals surface area contributed by atoms with Crippen LogP contribution in [-0.4, -0.2) is 42.7 Å². The minimum Gasteiger partial charge on any atom is -0.347 e. The van der Waals surface area contributed by atoms with E-state index < -0.39 is 0 Å². The minimum atomic E-state index is -0.0174. The quantitative estimate of drug-likeness (QED) is 0.573. The molecule has 1 fully saturated rings. The lowest BCUT2D eigenvalue weighted by Gasteiger charge is -2.28. The molecule has 0 radical (unpaired) electrons. The van der Waals surface area contributed by atoms with Gasteiger partial charge >= 0.3 is 0 Å². The van der Waals surface area contributed by atoms with E-state index in [1.54, 1.807) is 19.0 Å². The summed E-state index contributed by atoms with van der Waals surface area (Å²) in [5, 5.41) is 3.57. The maximum atomic E-state index is 11.5. The molecule has 1 aliphatic rings. The van der Waals surface area contributed by atoms with E-state index in [-0.39, 0.29) is 11.9 Å². The number of likely N-dealkylation sites (N-methyl/N-ethyl adjacent to an activating group) is 1. The number of rotatable bonds is 1. The van der Waals surface area contributed by atoms with E-state index in [9.17, 15) is 4.79 Å². The zero-order valence-corrected chi connectivity index (χ0v) is 8.47. The smallest absolute Gasteiger partial charge is 0.239 e. The van der Waals surface area contributed by atoms with Crippen LogP contribution in [0.15, 0.2) is 0 Å². The summed E-state index contributed by atoms with van der Waals surface area (Å²) in [5.41, 5.74) is 0. The van der Waals surface area contributed by atoms with Gasteiger partial charge in [-0.05, 0) is 19.4 Å². The molecule has 0 aromatic carbocycles. The van der Waals surface area contributed by atoms with Gasteiger partial charge in [0.25, 0.3) is 0 Å². The molecule has 1 amide bonds. The summed E-state index contributed by atoms with van der Waals surface area (Å²) < 4.78 is 0. The largest absolute Gasteiger partial charge is 0.347 e. The summed E-state index contributed by atoms with van der Waals surface area (Å²) in [4.78, 5) is 13.1. The summed E-state index contributed by atoms with van der Waals surface area (Å²) in [6, 6.07) is -0.0174. The number of piperidine rings is 1. The molecule has 0 saturated carbocycles. The number of carbonyl (C=O) groups is 1. The molecule has 4 heteroatoms. The van der Waals surface area contributed by atoms with Gasteiger partial charge in [0, 0.05) is 19.3 Å². The van der Waals surface area contributed by atoms with Gasteiger partial charge in [-0.2, -0.15) is 12.6 Å². The fourth-order valence-corrected chi connectivity index (χ4v) is 1.74. The Morgan fingerprint density at radius 2 is 2.25 bits per heavy atom. The summed E-state index contributed by atoms with van der Waals surface area (Å²) in [6.45, 7) is 0.901. The first kappa shape index (κ1) is 9.86. The van der Waals surface area contributed by atoms with Gasteiger partial charge in [-0.15, -0.1) is 0 Å². The molecule has 2 atom stereocenters. The van der Waals surface area contributed by atoms with Crippen molar-refractivity contribution >= 4 is 18.5 Å². The number of hydrogen-bond donors (Lipinski definition) is 2. The zero-order chi connectivity index (χ0) is 9.14. The van der Waals surface area contributed by atoms with Crippen LogP contribution in [0.1, 0.15) is 12.8 Å². The van der Waals surface area contributed by atoms with Crippen molar-refractivity contribution in [3.05, 3.63) is 0 Å². The molecule has 1 aliphatic heterocycles. The maximum absolute atomic E-state index is 11.5. The van der Waals surface area contributed by atoms with Gasteiger partial charge in [0.2, 0.25) is 5.91 Å². The maximum Gasteiger partial charge on any atom is 0.239 e. The molecular weight excluding hydrogens is 172 g/mol. The van der Waals surface area contributed by atoms with Crippen molar-refractivity contribution in [2.75, 3.05) is 20.6 Å². The van der Waals surface area contributed by atoms with Gasteiger partial charge in [-0.3, -0.25) is 4.79 Å². The average molecular weight is 188 g/mol. The fraction of sp³-hybridized carbons (Fsp3) is 0.875. The Morgan fingerprint density at radius 3 is 2.75 bits per heavy atom. The molecule has 1 N–H and O–H groups in total. The number of nitrogens with one attached hydrogen (secondary N) is 1. The molecule has 0 aliphatic carbocycles. The van der Waals surface area contributed by atoms with Crippen molar-refractivity contribution in [2.24, 2.45) is 0 Å². The van der Waals surface area contributed by atoms with Crippen molar-refractivity contribution in [1.82, 2.24) is 10.2 Å². The van der Waals surface area contributed by atoms with E-state index in [0.29, 0.717) is 5.25 Å². The normalized spacial score (nSPS) is 29.9. The molecule has 1 heterocycles. The van der Waals surface area contributed by atoms with Crippen LogP contribution in [-0.2, 0) is 4.79 Å². The van der Waals surface area contributed by atoms with Gasteiger partial charge in [0.05, 0.1) is 6.04 Å². The van der Waals surface area contributed by atoms with Crippen LogP contribution in [0.3, 0.4) is 0 Å². The highest BCUT2D eigenvalue weighted by Crippen LogP contribution is 2.14. The molecule has 70 valence electrons. The van der Waals surface area contributed by atoms with Gasteiger partial charge < -0.3 is 10.2 Å². The number of carbonyl (C=O) groups excluding carboxylic acids is 1. The van der Waals surface area contributed by atoms with E-state index in [1.165, 1.54) is 0 Å². The van der Waals surface area contributed by atoms with Crippen LogP contribution in [0, 0.1) is 0 Å². The molecule has 3 nitrogen and oxygen atoms in total. The van der Waals surface area contributed by atoms with Crippen molar-refractivity contribution in [3.63, 3.8) is 0 Å². The Bertz CT molecular complexity index is 172. The standard InChI is InChI=1S/C8H16N2OS/c1-10(2)8(11)7-5-6(12)3-4-9-7/h6-7,9,12H,3-5H2,1-2H3/t6-,7+/m1/s1. The third kappa shape index (κ3) is 2.38. The predicted octanol–water partition coefficient (Wildman–Crippen LogP) is 0.125. The zero-order valence-electron chi connectivity index (χ0n) is 7.58. The lowest BCUT2D eigenvalue weighted by atomic mass is 10.0. The first-order chi connectivity index (χ1) is 5.61. The molecule has 0 aromatic rings. The van der Waals surface area contributed by atoms with Gasteiger partial charge in [-0.1, -0.05) is 0 Å². The van der Waals surface area contributed by atoms with Gasteiger partial charge in [-0.25, -0.2) is 0 Å². The molecular formula is C8H16N2OS. The van der Waals surface area contributed by atoms with Crippen molar-refractivity contribution in [2.45, 2.75) is 24.1 Å². The summed E-state index contributed by atoms with van der Waals surface area (Å²) in [7, 11) is 3.57.